The maximum atomic E-state index is 5.46. The highest BCUT2D eigenvalue weighted by Gasteiger charge is 1.97. The molecule has 1 heteroatoms. The van der Waals surface area contributed by atoms with Gasteiger partial charge in [-0.05, 0) is 48.3 Å². The van der Waals surface area contributed by atoms with Gasteiger partial charge in [0.05, 0.1) is 0 Å². The first kappa shape index (κ1) is 32.6. The summed E-state index contributed by atoms with van der Waals surface area (Å²) in [6, 6.07) is 0. The molecule has 174 valence electrons. The molecule has 0 aliphatic carbocycles. The summed E-state index contributed by atoms with van der Waals surface area (Å²) < 4.78 is 5.46. The molecule has 0 N–H and O–H groups in total. The Morgan fingerprint density at radius 1 is 0.357 bits per heavy atom. The second-order valence-corrected chi connectivity index (χ2v) is 11.1. The zero-order valence-corrected chi connectivity index (χ0v) is 22.2. The van der Waals surface area contributed by atoms with Gasteiger partial charge in [-0.25, -0.2) is 0 Å². The van der Waals surface area contributed by atoms with Crippen LogP contribution in [-0.2, 0) is 4.74 Å². The van der Waals surface area contributed by atoms with Gasteiger partial charge in [-0.15, -0.1) is 0 Å². The molecule has 0 atom stereocenters. The maximum absolute atomic E-state index is 5.46. The second kappa shape index (κ2) is 23.2. The van der Waals surface area contributed by atoms with Crippen LogP contribution in [0.1, 0.15) is 128 Å². The molecule has 0 saturated carbocycles. The van der Waals surface area contributed by atoms with E-state index >= 15 is 0 Å². The predicted molar refractivity (Wildman–Crippen MR) is 132 cm³/mol. The molecule has 0 aromatic rings. The minimum absolute atomic E-state index is 0.772. The van der Waals surface area contributed by atoms with E-state index in [4.69, 9.17) is 4.74 Å². The summed E-state index contributed by atoms with van der Waals surface area (Å²) in [4.78, 5) is 0. The monoisotopic (exact) mass is 400 g/mol. The summed E-state index contributed by atoms with van der Waals surface area (Å²) in [5.74, 6) is 5.10. The van der Waals surface area contributed by atoms with Crippen molar-refractivity contribution < 1.29 is 4.74 Å². The highest BCUT2D eigenvalue weighted by Crippen LogP contribution is 2.11. The van der Waals surface area contributed by atoms with Crippen LogP contribution < -0.4 is 0 Å². The van der Waals surface area contributed by atoms with E-state index in [0.717, 1.165) is 48.7 Å². The van der Waals surface area contributed by atoms with Crippen molar-refractivity contribution in [2.24, 2.45) is 35.5 Å². The lowest BCUT2D eigenvalue weighted by Crippen LogP contribution is -2.02. The van der Waals surface area contributed by atoms with Crippen LogP contribution in [-0.4, -0.2) is 13.2 Å². The zero-order valence-electron chi connectivity index (χ0n) is 22.2. The normalized spacial score (nSPS) is 11.4. The molecule has 0 fully saturated rings. The van der Waals surface area contributed by atoms with E-state index in [1.54, 1.807) is 0 Å². The maximum Gasteiger partial charge on any atom is 0.0468 e. The van der Waals surface area contributed by atoms with Crippen LogP contribution in [0.3, 0.4) is 0 Å². The average Bonchev–Trinajstić information content (AvgIpc) is 2.52. The Morgan fingerprint density at radius 2 is 0.607 bits per heavy atom. The van der Waals surface area contributed by atoms with Gasteiger partial charge in [0.25, 0.3) is 0 Å². The average molecular weight is 401 g/mol. The van der Waals surface area contributed by atoms with Crippen molar-refractivity contribution in [3.63, 3.8) is 0 Å². The van der Waals surface area contributed by atoms with Gasteiger partial charge in [0.1, 0.15) is 0 Å². The fraction of sp³-hybridized carbons (Fsp3) is 1.00. The molecule has 28 heavy (non-hydrogen) atoms. The number of rotatable bonds is 13. The van der Waals surface area contributed by atoms with E-state index in [9.17, 15) is 0 Å². The largest absolute Gasteiger partial charge is 0.381 e. The van der Waals surface area contributed by atoms with Gasteiger partial charge < -0.3 is 4.74 Å². The highest BCUT2D eigenvalue weighted by atomic mass is 16.5. The fourth-order valence-electron chi connectivity index (χ4n) is 2.34. The smallest absolute Gasteiger partial charge is 0.0468 e. The lowest BCUT2D eigenvalue weighted by molar-refractivity contribution is 0.114. The van der Waals surface area contributed by atoms with Crippen LogP contribution in [0, 0.1) is 35.5 Å². The molecule has 0 radical (unpaired) electrons. The quantitative estimate of drug-likeness (QED) is 0.279. The van der Waals surface area contributed by atoms with Crippen molar-refractivity contribution >= 4 is 0 Å². The van der Waals surface area contributed by atoms with Crippen LogP contribution in [0.5, 0.6) is 0 Å². The predicted octanol–water partition coefficient (Wildman–Crippen LogP) is 9.64. The zero-order chi connectivity index (χ0) is 22.5. The minimum atomic E-state index is 0.772. The highest BCUT2D eigenvalue weighted by molar-refractivity contribution is 4.49. The lowest BCUT2D eigenvalue weighted by atomic mass is 10.0. The standard InChI is InChI=1S/C10H22O.C9H20.C8H18/c1-9(2)5-7-11-8-6-10(3)4;1-8(2)6-5-7-9(3)4;1-7(2)5-6-8(3)4/h9-10H,5-8H2,1-4H3;8-9H,5-7H2,1-4H3;7-8H,5-6H2,1-4H3. The molecule has 0 saturated heterocycles. The van der Waals surface area contributed by atoms with Crippen molar-refractivity contribution in [2.45, 2.75) is 128 Å². The summed E-state index contributed by atoms with van der Waals surface area (Å²) in [5, 5.41) is 0. The molecule has 0 spiro atoms. The van der Waals surface area contributed by atoms with Gasteiger partial charge in [-0.2, -0.15) is 0 Å². The molecular formula is C27H60O. The molecule has 0 aliphatic rings. The van der Waals surface area contributed by atoms with Crippen LogP contribution in [0.4, 0.5) is 0 Å². The first-order valence-electron chi connectivity index (χ1n) is 12.5. The van der Waals surface area contributed by atoms with Gasteiger partial charge in [0.2, 0.25) is 0 Å². The molecule has 0 aromatic carbocycles. The third kappa shape index (κ3) is 45.0. The van der Waals surface area contributed by atoms with Crippen molar-refractivity contribution in [3.05, 3.63) is 0 Å². The number of ether oxygens (including phenoxy) is 1. The van der Waals surface area contributed by atoms with Crippen LogP contribution in [0.15, 0.2) is 0 Å². The lowest BCUT2D eigenvalue weighted by Gasteiger charge is -2.07. The van der Waals surface area contributed by atoms with Crippen molar-refractivity contribution in [2.75, 3.05) is 13.2 Å². The summed E-state index contributed by atoms with van der Waals surface area (Å²) in [6.07, 6.45) is 9.37. The molecular weight excluding hydrogens is 340 g/mol. The Bertz CT molecular complexity index is 237. The van der Waals surface area contributed by atoms with E-state index in [1.807, 2.05) is 0 Å². The molecule has 1 nitrogen and oxygen atoms in total. The topological polar surface area (TPSA) is 9.23 Å². The summed E-state index contributed by atoms with van der Waals surface area (Å²) >= 11 is 0. The molecule has 0 heterocycles. The Morgan fingerprint density at radius 3 is 0.821 bits per heavy atom. The summed E-state index contributed by atoms with van der Waals surface area (Å²) in [6.45, 7) is 29.1. The molecule has 0 rings (SSSR count). The first-order chi connectivity index (χ1) is 12.9. The first-order valence-corrected chi connectivity index (χ1v) is 12.5. The third-order valence-corrected chi connectivity index (χ3v) is 4.56. The molecule has 0 amide bonds. The minimum Gasteiger partial charge on any atom is -0.381 e. The van der Waals surface area contributed by atoms with E-state index in [2.05, 4.69) is 83.1 Å². The Kier molecular flexibility index (Phi) is 27.1. The van der Waals surface area contributed by atoms with Gasteiger partial charge in [-0.3, -0.25) is 0 Å². The van der Waals surface area contributed by atoms with Crippen LogP contribution in [0.25, 0.3) is 0 Å². The van der Waals surface area contributed by atoms with Gasteiger partial charge in [0, 0.05) is 13.2 Å². The second-order valence-electron chi connectivity index (χ2n) is 11.1. The van der Waals surface area contributed by atoms with E-state index in [-0.39, 0.29) is 0 Å². The molecule has 0 unspecified atom stereocenters. The third-order valence-electron chi connectivity index (χ3n) is 4.56. The Hall–Kier alpha value is -0.0400. The Balaban J connectivity index is -0.000000340. The van der Waals surface area contributed by atoms with Crippen LogP contribution >= 0.6 is 0 Å². The molecule has 0 bridgehead atoms. The number of hydrogen-bond donors (Lipinski definition) is 0. The molecule has 0 aromatic heterocycles. The van der Waals surface area contributed by atoms with Gasteiger partial charge in [-0.1, -0.05) is 115 Å². The van der Waals surface area contributed by atoms with E-state index in [0.29, 0.717) is 0 Å². The van der Waals surface area contributed by atoms with Crippen molar-refractivity contribution in [1.29, 1.82) is 0 Å². The van der Waals surface area contributed by atoms with Crippen molar-refractivity contribution in [1.82, 2.24) is 0 Å². The summed E-state index contributed by atoms with van der Waals surface area (Å²) in [7, 11) is 0. The van der Waals surface area contributed by atoms with Crippen LogP contribution in [0.2, 0.25) is 0 Å². The molecule has 0 aliphatic heterocycles. The Labute approximate surface area is 181 Å². The SMILES string of the molecule is CC(C)CCC(C)C.CC(C)CCCC(C)C.CC(C)CCOCCC(C)C. The summed E-state index contributed by atoms with van der Waals surface area (Å²) in [5.41, 5.74) is 0. The van der Waals surface area contributed by atoms with Gasteiger partial charge >= 0.3 is 0 Å². The van der Waals surface area contributed by atoms with Crippen molar-refractivity contribution in [3.8, 4) is 0 Å². The van der Waals surface area contributed by atoms with E-state index in [1.165, 1.54) is 44.9 Å². The van der Waals surface area contributed by atoms with Gasteiger partial charge in [0.15, 0.2) is 0 Å². The number of hydrogen-bond acceptors (Lipinski definition) is 1. The fourth-order valence-corrected chi connectivity index (χ4v) is 2.34. The van der Waals surface area contributed by atoms with E-state index < -0.39 is 0 Å².